The molecule has 6 heteroatoms. The van der Waals surface area contributed by atoms with Crippen molar-refractivity contribution in [1.82, 2.24) is 0 Å². The van der Waals surface area contributed by atoms with E-state index in [1.54, 1.807) is 61.5 Å². The molecule has 0 bridgehead atoms. The Morgan fingerprint density at radius 1 is 0.893 bits per heavy atom. The minimum absolute atomic E-state index is 0.0453. The summed E-state index contributed by atoms with van der Waals surface area (Å²) < 4.78 is 33.0. The molecule has 1 amide bonds. The molecule has 0 atom stereocenters. The SMILES string of the molecule is Cc1ccc(C)c(N(C(=O)COc2ccccc2)S(=O)(=O)c2ccccc2)c1. The number of carbonyl (C=O) groups is 1. The van der Waals surface area contributed by atoms with E-state index in [0.717, 1.165) is 9.87 Å². The summed E-state index contributed by atoms with van der Waals surface area (Å²) >= 11 is 0. The Morgan fingerprint density at radius 3 is 2.14 bits per heavy atom. The van der Waals surface area contributed by atoms with Crippen LogP contribution in [0.1, 0.15) is 11.1 Å². The molecule has 0 aliphatic heterocycles. The summed E-state index contributed by atoms with van der Waals surface area (Å²) in [5, 5.41) is 0. The van der Waals surface area contributed by atoms with Crippen molar-refractivity contribution in [2.45, 2.75) is 18.7 Å². The Balaban J connectivity index is 2.02. The van der Waals surface area contributed by atoms with Gasteiger partial charge in [0.05, 0.1) is 10.6 Å². The minimum Gasteiger partial charge on any atom is -0.484 e. The zero-order chi connectivity index (χ0) is 20.1. The third-order valence-corrected chi connectivity index (χ3v) is 5.95. The Bertz CT molecular complexity index is 1060. The van der Waals surface area contributed by atoms with Crippen LogP contribution in [-0.2, 0) is 14.8 Å². The van der Waals surface area contributed by atoms with Crippen molar-refractivity contribution in [2.24, 2.45) is 0 Å². The predicted octanol–water partition coefficient (Wildman–Crippen LogP) is 4.10. The summed E-state index contributed by atoms with van der Waals surface area (Å²) in [5.74, 6) is -0.171. The zero-order valence-corrected chi connectivity index (χ0v) is 16.5. The van der Waals surface area contributed by atoms with Gasteiger partial charge in [-0.15, -0.1) is 0 Å². The second-order valence-electron chi connectivity index (χ2n) is 6.37. The Hall–Kier alpha value is -3.12. The van der Waals surface area contributed by atoms with Crippen LogP contribution in [0, 0.1) is 13.8 Å². The van der Waals surface area contributed by atoms with Gasteiger partial charge in [0.1, 0.15) is 5.75 Å². The molecule has 144 valence electrons. The van der Waals surface area contributed by atoms with Crippen molar-refractivity contribution >= 4 is 21.6 Å². The fraction of sp³-hybridized carbons (Fsp3) is 0.136. The third kappa shape index (κ3) is 4.23. The van der Waals surface area contributed by atoms with E-state index in [2.05, 4.69) is 0 Å². The average Bonchev–Trinajstić information content (AvgIpc) is 2.70. The predicted molar refractivity (Wildman–Crippen MR) is 109 cm³/mol. The van der Waals surface area contributed by atoms with Gasteiger partial charge in [0, 0.05) is 0 Å². The first-order chi connectivity index (χ1) is 13.4. The van der Waals surface area contributed by atoms with Crippen molar-refractivity contribution < 1.29 is 17.9 Å². The lowest BCUT2D eigenvalue weighted by molar-refractivity contribution is -0.119. The third-order valence-electron chi connectivity index (χ3n) is 4.20. The molecule has 3 rings (SSSR count). The largest absolute Gasteiger partial charge is 0.484 e. The van der Waals surface area contributed by atoms with Gasteiger partial charge in [0.2, 0.25) is 0 Å². The summed E-state index contributed by atoms with van der Waals surface area (Å²) in [6.07, 6.45) is 0. The van der Waals surface area contributed by atoms with E-state index in [4.69, 9.17) is 4.74 Å². The van der Waals surface area contributed by atoms with E-state index in [-0.39, 0.29) is 4.90 Å². The van der Waals surface area contributed by atoms with E-state index < -0.39 is 22.5 Å². The van der Waals surface area contributed by atoms with Crippen molar-refractivity contribution in [3.05, 3.63) is 90.0 Å². The lowest BCUT2D eigenvalue weighted by Gasteiger charge is -2.24. The van der Waals surface area contributed by atoms with Crippen LogP contribution in [-0.4, -0.2) is 20.9 Å². The van der Waals surface area contributed by atoms with E-state index in [1.165, 1.54) is 12.1 Å². The van der Waals surface area contributed by atoms with Gasteiger partial charge in [-0.3, -0.25) is 4.79 Å². The molecule has 0 aromatic heterocycles. The minimum atomic E-state index is -4.09. The summed E-state index contributed by atoms with van der Waals surface area (Å²) in [4.78, 5) is 13.1. The maximum Gasteiger partial charge on any atom is 0.278 e. The Kier molecular flexibility index (Phi) is 5.80. The molecule has 0 aliphatic carbocycles. The van der Waals surface area contributed by atoms with Crippen molar-refractivity contribution in [2.75, 3.05) is 10.9 Å². The van der Waals surface area contributed by atoms with Gasteiger partial charge in [0.15, 0.2) is 6.61 Å². The number of para-hydroxylation sites is 1. The summed E-state index contributed by atoms with van der Waals surface area (Å²) in [6.45, 7) is 3.22. The van der Waals surface area contributed by atoms with Crippen LogP contribution in [0.4, 0.5) is 5.69 Å². The topological polar surface area (TPSA) is 63.7 Å². The zero-order valence-electron chi connectivity index (χ0n) is 15.7. The number of ether oxygens (including phenoxy) is 1. The van der Waals surface area contributed by atoms with Gasteiger partial charge in [-0.05, 0) is 55.3 Å². The van der Waals surface area contributed by atoms with Gasteiger partial charge in [-0.25, -0.2) is 8.42 Å². The molecule has 0 spiro atoms. The van der Waals surface area contributed by atoms with E-state index in [1.807, 2.05) is 19.1 Å². The van der Waals surface area contributed by atoms with Crippen LogP contribution >= 0.6 is 0 Å². The normalized spacial score (nSPS) is 11.1. The fourth-order valence-corrected chi connectivity index (χ4v) is 4.24. The van der Waals surface area contributed by atoms with Crippen molar-refractivity contribution in [3.63, 3.8) is 0 Å². The molecule has 28 heavy (non-hydrogen) atoms. The van der Waals surface area contributed by atoms with Gasteiger partial charge in [0.25, 0.3) is 15.9 Å². The first-order valence-electron chi connectivity index (χ1n) is 8.78. The van der Waals surface area contributed by atoms with Crippen LogP contribution < -0.4 is 9.04 Å². The summed E-state index contributed by atoms with van der Waals surface area (Å²) in [6, 6.07) is 22.1. The maximum atomic E-state index is 13.3. The molecule has 0 saturated carbocycles. The standard InChI is InChI=1S/C22H21NO4S/c1-17-13-14-18(2)21(15-17)23(28(25,26)20-11-7-4-8-12-20)22(24)16-27-19-9-5-3-6-10-19/h3-15H,16H2,1-2H3. The monoisotopic (exact) mass is 395 g/mol. The number of hydrogen-bond acceptors (Lipinski definition) is 4. The second-order valence-corrected chi connectivity index (χ2v) is 8.15. The van der Waals surface area contributed by atoms with Crippen LogP contribution in [0.25, 0.3) is 0 Å². The smallest absolute Gasteiger partial charge is 0.278 e. The number of amides is 1. The molecular formula is C22H21NO4S. The molecule has 0 fully saturated rings. The van der Waals surface area contributed by atoms with Crippen molar-refractivity contribution in [3.8, 4) is 5.75 Å². The van der Waals surface area contributed by atoms with Crippen LogP contribution in [0.3, 0.4) is 0 Å². The van der Waals surface area contributed by atoms with E-state index >= 15 is 0 Å². The molecule has 0 radical (unpaired) electrons. The quantitative estimate of drug-likeness (QED) is 0.630. The molecule has 0 unspecified atom stereocenters. The average molecular weight is 395 g/mol. The Labute approximate surface area is 165 Å². The second kappa shape index (κ2) is 8.27. The lowest BCUT2D eigenvalue weighted by atomic mass is 10.1. The highest BCUT2D eigenvalue weighted by atomic mass is 32.2. The number of carbonyl (C=O) groups excluding carboxylic acids is 1. The fourth-order valence-electron chi connectivity index (χ4n) is 2.75. The molecule has 3 aromatic rings. The number of hydrogen-bond donors (Lipinski definition) is 0. The highest BCUT2D eigenvalue weighted by Gasteiger charge is 2.32. The van der Waals surface area contributed by atoms with Gasteiger partial charge >= 0.3 is 0 Å². The molecule has 3 aromatic carbocycles. The lowest BCUT2D eigenvalue weighted by Crippen LogP contribution is -2.40. The van der Waals surface area contributed by atoms with E-state index in [0.29, 0.717) is 17.0 Å². The van der Waals surface area contributed by atoms with Gasteiger partial charge < -0.3 is 4.74 Å². The number of nitrogens with zero attached hydrogens (tertiary/aromatic N) is 1. The number of rotatable bonds is 6. The number of aryl methyl sites for hydroxylation is 2. The molecule has 5 nitrogen and oxygen atoms in total. The van der Waals surface area contributed by atoms with Crippen LogP contribution in [0.15, 0.2) is 83.8 Å². The highest BCUT2D eigenvalue weighted by molar-refractivity contribution is 7.93. The molecule has 0 aliphatic rings. The summed E-state index contributed by atoms with van der Waals surface area (Å²) in [5.41, 5.74) is 1.86. The first kappa shape index (κ1) is 19.6. The van der Waals surface area contributed by atoms with Crippen molar-refractivity contribution in [1.29, 1.82) is 0 Å². The molecule has 0 N–H and O–H groups in total. The first-order valence-corrected chi connectivity index (χ1v) is 10.2. The Morgan fingerprint density at radius 2 is 1.50 bits per heavy atom. The maximum absolute atomic E-state index is 13.3. The number of benzene rings is 3. The van der Waals surface area contributed by atoms with Crippen LogP contribution in [0.2, 0.25) is 0 Å². The number of sulfonamides is 1. The molecular weight excluding hydrogens is 374 g/mol. The van der Waals surface area contributed by atoms with Gasteiger partial charge in [-0.2, -0.15) is 4.31 Å². The van der Waals surface area contributed by atoms with Crippen LogP contribution in [0.5, 0.6) is 5.75 Å². The highest BCUT2D eigenvalue weighted by Crippen LogP contribution is 2.28. The van der Waals surface area contributed by atoms with Gasteiger partial charge in [-0.1, -0.05) is 48.5 Å². The summed E-state index contributed by atoms with van der Waals surface area (Å²) in [7, 11) is -4.09. The molecule has 0 saturated heterocycles. The molecule has 0 heterocycles. The number of anilines is 1. The van der Waals surface area contributed by atoms with E-state index in [9.17, 15) is 13.2 Å².